The number of aromatic amines is 1. The molecular weight excluding hydrogens is 388 g/mol. The quantitative estimate of drug-likeness (QED) is 0.509. The van der Waals surface area contributed by atoms with Crippen molar-refractivity contribution in [2.75, 3.05) is 13.6 Å². The van der Waals surface area contributed by atoms with E-state index in [0.29, 0.717) is 30.6 Å². The van der Waals surface area contributed by atoms with Gasteiger partial charge in [0.05, 0.1) is 0 Å². The average molecular weight is 417 g/mol. The standard InChI is InChI=1S/C25H28N4O2/c1-4-7-18(2)16-21(12-15-28-24(30)23-8-5-6-13-26-23)29(3)25(31)20-9-10-22-19(17-20)11-14-27-22/h4-11,13-14,17,21,27H,1,12,15-16H2,2-3H3,(H,28,30). The van der Waals surface area contributed by atoms with Crippen molar-refractivity contribution in [3.05, 3.63) is 90.4 Å². The highest BCUT2D eigenvalue weighted by molar-refractivity contribution is 5.98. The Morgan fingerprint density at radius 2 is 2.10 bits per heavy atom. The first-order valence-corrected chi connectivity index (χ1v) is 10.3. The average Bonchev–Trinajstić information content (AvgIpc) is 3.26. The molecule has 0 saturated carbocycles. The highest BCUT2D eigenvalue weighted by Gasteiger charge is 2.22. The summed E-state index contributed by atoms with van der Waals surface area (Å²) in [5.41, 5.74) is 3.14. The Bertz CT molecular complexity index is 1090. The van der Waals surface area contributed by atoms with Crippen LogP contribution in [0.25, 0.3) is 10.9 Å². The van der Waals surface area contributed by atoms with E-state index in [0.717, 1.165) is 16.5 Å². The summed E-state index contributed by atoms with van der Waals surface area (Å²) >= 11 is 0. The molecule has 2 N–H and O–H groups in total. The van der Waals surface area contributed by atoms with Gasteiger partial charge in [-0.1, -0.05) is 30.4 Å². The second kappa shape index (κ2) is 10.4. The lowest BCUT2D eigenvalue weighted by Gasteiger charge is -2.29. The smallest absolute Gasteiger partial charge is 0.269 e. The van der Waals surface area contributed by atoms with Gasteiger partial charge in [0, 0.05) is 48.5 Å². The molecule has 3 aromatic rings. The molecule has 2 amide bonds. The Balaban J connectivity index is 1.70. The van der Waals surface area contributed by atoms with E-state index in [1.54, 1.807) is 35.4 Å². The van der Waals surface area contributed by atoms with Crippen LogP contribution in [-0.4, -0.2) is 46.3 Å². The summed E-state index contributed by atoms with van der Waals surface area (Å²) in [7, 11) is 1.82. The van der Waals surface area contributed by atoms with E-state index in [2.05, 4.69) is 21.9 Å². The number of H-pyrrole nitrogens is 1. The third kappa shape index (κ3) is 5.69. The van der Waals surface area contributed by atoms with Crippen LogP contribution >= 0.6 is 0 Å². The number of benzene rings is 1. The molecule has 1 aromatic carbocycles. The molecule has 0 aliphatic heterocycles. The van der Waals surface area contributed by atoms with Crippen LogP contribution in [0.1, 0.15) is 40.6 Å². The summed E-state index contributed by atoms with van der Waals surface area (Å²) in [6.45, 7) is 6.21. The maximum atomic E-state index is 13.2. The first-order valence-electron chi connectivity index (χ1n) is 10.3. The van der Waals surface area contributed by atoms with Crippen LogP contribution in [0.2, 0.25) is 0 Å². The molecule has 0 aliphatic rings. The van der Waals surface area contributed by atoms with Crippen molar-refractivity contribution in [1.29, 1.82) is 0 Å². The second-order valence-electron chi connectivity index (χ2n) is 7.56. The molecule has 1 atom stereocenters. The molecule has 2 heterocycles. The second-order valence-corrected chi connectivity index (χ2v) is 7.56. The predicted molar refractivity (Wildman–Crippen MR) is 124 cm³/mol. The van der Waals surface area contributed by atoms with Crippen LogP contribution in [0.4, 0.5) is 0 Å². The summed E-state index contributed by atoms with van der Waals surface area (Å²) in [6, 6.07) is 12.8. The van der Waals surface area contributed by atoms with E-state index in [1.165, 1.54) is 0 Å². The first-order chi connectivity index (χ1) is 15.0. The molecule has 6 heteroatoms. The van der Waals surface area contributed by atoms with Gasteiger partial charge < -0.3 is 15.2 Å². The SMILES string of the molecule is C=CC=C(C)CC(CCNC(=O)c1ccccn1)N(C)C(=O)c1ccc2[nH]ccc2c1. The molecule has 0 fully saturated rings. The predicted octanol–water partition coefficient (Wildman–Crippen LogP) is 4.35. The van der Waals surface area contributed by atoms with Crippen LogP contribution in [0.15, 0.2) is 79.2 Å². The van der Waals surface area contributed by atoms with Crippen LogP contribution in [-0.2, 0) is 0 Å². The molecule has 2 aromatic heterocycles. The van der Waals surface area contributed by atoms with Gasteiger partial charge in [-0.25, -0.2) is 0 Å². The minimum Gasteiger partial charge on any atom is -0.361 e. The van der Waals surface area contributed by atoms with Gasteiger partial charge in [0.1, 0.15) is 5.69 Å². The summed E-state index contributed by atoms with van der Waals surface area (Å²) in [6.07, 6.45) is 8.46. The molecule has 0 spiro atoms. The van der Waals surface area contributed by atoms with Crippen molar-refractivity contribution >= 4 is 22.7 Å². The largest absolute Gasteiger partial charge is 0.361 e. The molecule has 0 aliphatic carbocycles. The summed E-state index contributed by atoms with van der Waals surface area (Å²) < 4.78 is 0. The molecule has 1 unspecified atom stereocenters. The van der Waals surface area contributed by atoms with Gasteiger partial charge in [0.15, 0.2) is 0 Å². The topological polar surface area (TPSA) is 78.1 Å². The number of hydrogen-bond donors (Lipinski definition) is 2. The van der Waals surface area contributed by atoms with Crippen molar-refractivity contribution in [3.8, 4) is 0 Å². The maximum Gasteiger partial charge on any atom is 0.269 e. The molecule has 160 valence electrons. The third-order valence-electron chi connectivity index (χ3n) is 5.29. The third-order valence-corrected chi connectivity index (χ3v) is 5.29. The molecule has 0 radical (unpaired) electrons. The molecular formula is C25H28N4O2. The number of aromatic nitrogens is 2. The number of carbonyl (C=O) groups is 2. The number of allylic oxidation sites excluding steroid dienone is 2. The first kappa shape index (κ1) is 22.0. The van der Waals surface area contributed by atoms with Crippen molar-refractivity contribution in [1.82, 2.24) is 20.2 Å². The number of amides is 2. The number of nitrogens with one attached hydrogen (secondary N) is 2. The summed E-state index contributed by atoms with van der Waals surface area (Å²) in [5.74, 6) is -0.264. The fraction of sp³-hybridized carbons (Fsp3) is 0.240. The van der Waals surface area contributed by atoms with E-state index in [1.807, 2.05) is 50.5 Å². The Kier molecular flexibility index (Phi) is 7.38. The number of pyridine rings is 1. The minimum absolute atomic E-state index is 0.0458. The van der Waals surface area contributed by atoms with Crippen molar-refractivity contribution in [3.63, 3.8) is 0 Å². The Hall–Kier alpha value is -3.67. The monoisotopic (exact) mass is 416 g/mol. The van der Waals surface area contributed by atoms with Gasteiger partial charge in [0.2, 0.25) is 0 Å². The zero-order valence-electron chi connectivity index (χ0n) is 18.0. The summed E-state index contributed by atoms with van der Waals surface area (Å²) in [4.78, 5) is 34.5. The number of carbonyl (C=O) groups excluding carboxylic acids is 2. The lowest BCUT2D eigenvalue weighted by molar-refractivity contribution is 0.0723. The number of nitrogens with zero attached hydrogens (tertiary/aromatic N) is 2. The molecule has 6 nitrogen and oxygen atoms in total. The van der Waals surface area contributed by atoms with Gasteiger partial charge in [0.25, 0.3) is 11.8 Å². The molecule has 31 heavy (non-hydrogen) atoms. The minimum atomic E-state index is -0.218. The fourth-order valence-corrected chi connectivity index (χ4v) is 3.57. The zero-order chi connectivity index (χ0) is 22.2. The zero-order valence-corrected chi connectivity index (χ0v) is 18.0. The Labute approximate surface area is 182 Å². The number of rotatable bonds is 9. The molecule has 0 bridgehead atoms. The Morgan fingerprint density at radius 3 is 2.84 bits per heavy atom. The van der Waals surface area contributed by atoms with Gasteiger partial charge >= 0.3 is 0 Å². The normalized spacial score (nSPS) is 12.4. The highest BCUT2D eigenvalue weighted by atomic mass is 16.2. The van der Waals surface area contributed by atoms with Crippen molar-refractivity contribution in [2.45, 2.75) is 25.8 Å². The van der Waals surface area contributed by atoms with Gasteiger partial charge in [-0.3, -0.25) is 14.6 Å². The van der Waals surface area contributed by atoms with E-state index >= 15 is 0 Å². The Morgan fingerprint density at radius 1 is 1.26 bits per heavy atom. The lowest BCUT2D eigenvalue weighted by atomic mass is 10.0. The van der Waals surface area contributed by atoms with Gasteiger partial charge in [-0.05, 0) is 56.2 Å². The van der Waals surface area contributed by atoms with Crippen LogP contribution in [0.5, 0.6) is 0 Å². The summed E-state index contributed by atoms with van der Waals surface area (Å²) in [5, 5.41) is 3.91. The van der Waals surface area contributed by atoms with E-state index in [-0.39, 0.29) is 17.9 Å². The van der Waals surface area contributed by atoms with Crippen LogP contribution < -0.4 is 5.32 Å². The number of hydrogen-bond acceptors (Lipinski definition) is 3. The molecule has 0 saturated heterocycles. The highest BCUT2D eigenvalue weighted by Crippen LogP contribution is 2.19. The van der Waals surface area contributed by atoms with Gasteiger partial charge in [-0.15, -0.1) is 0 Å². The maximum absolute atomic E-state index is 13.2. The van der Waals surface area contributed by atoms with Gasteiger partial charge in [-0.2, -0.15) is 0 Å². The van der Waals surface area contributed by atoms with E-state index in [4.69, 9.17) is 0 Å². The van der Waals surface area contributed by atoms with Crippen LogP contribution in [0.3, 0.4) is 0 Å². The lowest BCUT2D eigenvalue weighted by Crippen LogP contribution is -2.40. The van der Waals surface area contributed by atoms with E-state index in [9.17, 15) is 9.59 Å². The fourth-order valence-electron chi connectivity index (χ4n) is 3.57. The number of fused-ring (bicyclic) bond motifs is 1. The molecule has 3 rings (SSSR count). The van der Waals surface area contributed by atoms with Crippen LogP contribution in [0, 0.1) is 0 Å². The van der Waals surface area contributed by atoms with Crippen molar-refractivity contribution < 1.29 is 9.59 Å². The van der Waals surface area contributed by atoms with Crippen molar-refractivity contribution in [2.24, 2.45) is 0 Å². The van der Waals surface area contributed by atoms with E-state index < -0.39 is 0 Å².